The van der Waals surface area contributed by atoms with Gasteiger partial charge in [0.2, 0.25) is 0 Å². The molecule has 0 aliphatic heterocycles. The molecule has 0 atom stereocenters. The zero-order chi connectivity index (χ0) is 9.26. The third-order valence-corrected chi connectivity index (χ3v) is 3.32. The summed E-state index contributed by atoms with van der Waals surface area (Å²) in [6.07, 6.45) is 4.37. The molecule has 0 fully saturated rings. The number of Topliss-reactive ketones (excluding diaryl/α,β-unsaturated/α-hetero) is 1. The smallest absolute Gasteiger partial charge is 0.137 e. The Morgan fingerprint density at radius 1 is 1.31 bits per heavy atom. The van der Waals surface area contributed by atoms with Crippen LogP contribution < -0.4 is 0 Å². The normalized spacial score (nSPS) is 15.6. The van der Waals surface area contributed by atoms with Crippen LogP contribution >= 0.6 is 11.8 Å². The minimum atomic E-state index is 0.383. The zero-order valence-corrected chi connectivity index (χ0v) is 8.49. The molecule has 0 unspecified atom stereocenters. The predicted molar refractivity (Wildman–Crippen MR) is 55.3 cm³/mol. The lowest BCUT2D eigenvalue weighted by Gasteiger charge is -2.17. The van der Waals surface area contributed by atoms with Gasteiger partial charge in [0.1, 0.15) is 5.78 Å². The van der Waals surface area contributed by atoms with Gasteiger partial charge in [0.05, 0.1) is 0 Å². The van der Waals surface area contributed by atoms with Gasteiger partial charge in [-0.1, -0.05) is 12.1 Å². The summed E-state index contributed by atoms with van der Waals surface area (Å²) >= 11 is 1.73. The van der Waals surface area contributed by atoms with E-state index < -0.39 is 0 Å². The van der Waals surface area contributed by atoms with Crippen LogP contribution in [0.5, 0.6) is 0 Å². The first-order valence-corrected chi connectivity index (χ1v) is 5.70. The lowest BCUT2D eigenvalue weighted by molar-refractivity contribution is -0.118. The van der Waals surface area contributed by atoms with Gasteiger partial charge in [-0.2, -0.15) is 0 Å². The fourth-order valence-electron chi connectivity index (χ4n) is 1.80. The number of rotatable bonds is 1. The van der Waals surface area contributed by atoms with Crippen molar-refractivity contribution in [2.45, 2.75) is 24.2 Å². The van der Waals surface area contributed by atoms with E-state index in [2.05, 4.69) is 24.5 Å². The molecule has 0 amide bonds. The van der Waals surface area contributed by atoms with Crippen molar-refractivity contribution in [2.75, 3.05) is 6.26 Å². The molecule has 2 heteroatoms. The summed E-state index contributed by atoms with van der Waals surface area (Å²) in [7, 11) is 0. The Kier molecular flexibility index (Phi) is 2.40. The molecule has 0 N–H and O–H groups in total. The second kappa shape index (κ2) is 3.54. The third-order valence-electron chi connectivity index (χ3n) is 2.50. The third kappa shape index (κ3) is 1.63. The molecule has 0 bridgehead atoms. The summed E-state index contributed by atoms with van der Waals surface area (Å²) in [5, 5.41) is 0. The van der Waals surface area contributed by atoms with Crippen molar-refractivity contribution >= 4 is 17.5 Å². The predicted octanol–water partition coefficient (Wildman–Crippen LogP) is 2.47. The fourth-order valence-corrected chi connectivity index (χ4v) is 2.46. The first-order valence-electron chi connectivity index (χ1n) is 4.47. The molecule has 0 heterocycles. The van der Waals surface area contributed by atoms with Crippen molar-refractivity contribution in [3.8, 4) is 0 Å². The minimum Gasteiger partial charge on any atom is -0.299 e. The number of carbonyl (C=O) groups is 1. The van der Waals surface area contributed by atoms with E-state index in [1.807, 2.05) is 0 Å². The molecule has 2 rings (SSSR count). The Morgan fingerprint density at radius 3 is 2.92 bits per heavy atom. The van der Waals surface area contributed by atoms with E-state index in [1.165, 1.54) is 16.0 Å². The number of benzene rings is 1. The number of ketones is 1. The maximum absolute atomic E-state index is 11.3. The minimum absolute atomic E-state index is 0.383. The van der Waals surface area contributed by atoms with Gasteiger partial charge in [0.15, 0.2) is 0 Å². The molecule has 1 aliphatic carbocycles. The van der Waals surface area contributed by atoms with E-state index >= 15 is 0 Å². The van der Waals surface area contributed by atoms with Gasteiger partial charge in [0.25, 0.3) is 0 Å². The van der Waals surface area contributed by atoms with Crippen LogP contribution in [0.2, 0.25) is 0 Å². The zero-order valence-electron chi connectivity index (χ0n) is 7.67. The highest BCUT2D eigenvalue weighted by Gasteiger charge is 2.17. The Morgan fingerprint density at radius 2 is 2.15 bits per heavy atom. The molecule has 1 nitrogen and oxygen atoms in total. The first-order chi connectivity index (χ1) is 6.31. The summed E-state index contributed by atoms with van der Waals surface area (Å²) in [6.45, 7) is 0. The van der Waals surface area contributed by atoms with Crippen LogP contribution in [0, 0.1) is 0 Å². The molecular weight excluding hydrogens is 180 g/mol. The Balaban J connectivity index is 2.46. The SMILES string of the molecule is CSc1cccc2c1CC(=O)CC2. The number of fused-ring (bicyclic) bond motifs is 1. The van der Waals surface area contributed by atoms with Gasteiger partial charge in [0, 0.05) is 17.7 Å². The molecule has 1 aliphatic rings. The molecule has 13 heavy (non-hydrogen) atoms. The number of hydrogen-bond donors (Lipinski definition) is 0. The number of hydrogen-bond acceptors (Lipinski definition) is 2. The van der Waals surface area contributed by atoms with Crippen molar-refractivity contribution in [1.82, 2.24) is 0 Å². The van der Waals surface area contributed by atoms with Crippen LogP contribution in [0.3, 0.4) is 0 Å². The second-order valence-corrected chi connectivity index (χ2v) is 4.16. The highest BCUT2D eigenvalue weighted by atomic mass is 32.2. The quantitative estimate of drug-likeness (QED) is 0.636. The molecule has 1 aromatic rings. The largest absolute Gasteiger partial charge is 0.299 e. The number of aryl methyl sites for hydroxylation is 1. The van der Waals surface area contributed by atoms with Crippen molar-refractivity contribution < 1.29 is 4.79 Å². The van der Waals surface area contributed by atoms with Crippen LogP contribution in [0.25, 0.3) is 0 Å². The summed E-state index contributed by atoms with van der Waals surface area (Å²) in [6, 6.07) is 6.32. The van der Waals surface area contributed by atoms with Gasteiger partial charge in [-0.25, -0.2) is 0 Å². The summed E-state index contributed by atoms with van der Waals surface area (Å²) in [4.78, 5) is 12.6. The Labute approximate surface area is 82.5 Å². The average Bonchev–Trinajstić information content (AvgIpc) is 2.17. The summed E-state index contributed by atoms with van der Waals surface area (Å²) < 4.78 is 0. The van der Waals surface area contributed by atoms with Crippen molar-refractivity contribution in [3.63, 3.8) is 0 Å². The van der Waals surface area contributed by atoms with Crippen molar-refractivity contribution in [3.05, 3.63) is 29.3 Å². The van der Waals surface area contributed by atoms with Crippen LogP contribution in [-0.4, -0.2) is 12.0 Å². The van der Waals surface area contributed by atoms with E-state index in [1.54, 1.807) is 11.8 Å². The van der Waals surface area contributed by atoms with E-state index in [0.717, 1.165) is 12.8 Å². The Hall–Kier alpha value is -0.760. The van der Waals surface area contributed by atoms with Crippen LogP contribution in [0.1, 0.15) is 17.5 Å². The molecule has 1 aromatic carbocycles. The maximum Gasteiger partial charge on any atom is 0.137 e. The summed E-state index contributed by atoms with van der Waals surface area (Å²) in [5.74, 6) is 0.383. The average molecular weight is 192 g/mol. The van der Waals surface area contributed by atoms with Gasteiger partial charge in [-0.05, 0) is 29.9 Å². The lowest BCUT2D eigenvalue weighted by atomic mass is 9.91. The van der Waals surface area contributed by atoms with Gasteiger partial charge < -0.3 is 0 Å². The second-order valence-electron chi connectivity index (χ2n) is 3.31. The molecule has 0 saturated heterocycles. The summed E-state index contributed by atoms with van der Waals surface area (Å²) in [5.41, 5.74) is 2.64. The van der Waals surface area contributed by atoms with E-state index in [4.69, 9.17) is 0 Å². The molecular formula is C11H12OS. The van der Waals surface area contributed by atoms with Crippen LogP contribution in [-0.2, 0) is 17.6 Å². The van der Waals surface area contributed by atoms with Crippen molar-refractivity contribution in [2.24, 2.45) is 0 Å². The Bertz CT molecular complexity index is 330. The van der Waals surface area contributed by atoms with Gasteiger partial charge in [-0.3, -0.25) is 4.79 Å². The highest BCUT2D eigenvalue weighted by molar-refractivity contribution is 7.98. The van der Waals surface area contributed by atoms with E-state index in [-0.39, 0.29) is 0 Å². The van der Waals surface area contributed by atoms with E-state index in [0.29, 0.717) is 12.2 Å². The molecule has 68 valence electrons. The fraction of sp³-hybridized carbons (Fsp3) is 0.364. The first kappa shape index (κ1) is 8.82. The van der Waals surface area contributed by atoms with E-state index in [9.17, 15) is 4.79 Å². The monoisotopic (exact) mass is 192 g/mol. The molecule has 0 saturated carbocycles. The molecule has 0 aromatic heterocycles. The topological polar surface area (TPSA) is 17.1 Å². The van der Waals surface area contributed by atoms with Gasteiger partial charge >= 0.3 is 0 Å². The maximum atomic E-state index is 11.3. The highest BCUT2D eigenvalue weighted by Crippen LogP contribution is 2.28. The van der Waals surface area contributed by atoms with Gasteiger partial charge in [-0.15, -0.1) is 11.8 Å². The lowest BCUT2D eigenvalue weighted by Crippen LogP contribution is -2.13. The van der Waals surface area contributed by atoms with Crippen LogP contribution in [0.4, 0.5) is 0 Å². The van der Waals surface area contributed by atoms with Crippen LogP contribution in [0.15, 0.2) is 23.1 Å². The molecule has 0 radical (unpaired) electrons. The van der Waals surface area contributed by atoms with Crippen molar-refractivity contribution in [1.29, 1.82) is 0 Å². The standard InChI is InChI=1S/C11H12OS/c1-13-11-4-2-3-8-5-6-9(12)7-10(8)11/h2-4H,5-7H2,1H3. The number of thioether (sulfide) groups is 1. The molecule has 0 spiro atoms. The number of carbonyl (C=O) groups excluding carboxylic acids is 1.